The Morgan fingerprint density at radius 1 is 1.23 bits per heavy atom. The number of pyridine rings is 1. The Morgan fingerprint density at radius 2 is 2.10 bits per heavy atom. The maximum absolute atomic E-state index is 12.8. The largest absolute Gasteiger partial charge is 0.462 e. The number of urea groups is 1. The molecule has 0 aliphatic carbocycles. The number of aryl methyl sites for hydroxylation is 1. The summed E-state index contributed by atoms with van der Waals surface area (Å²) in [7, 11) is 0. The summed E-state index contributed by atoms with van der Waals surface area (Å²) < 4.78 is 7.15. The van der Waals surface area contributed by atoms with Crippen molar-refractivity contribution in [2.45, 2.75) is 32.7 Å². The van der Waals surface area contributed by atoms with Crippen molar-refractivity contribution >= 4 is 28.9 Å². The van der Waals surface area contributed by atoms with Gasteiger partial charge in [0.25, 0.3) is 0 Å². The van der Waals surface area contributed by atoms with E-state index in [9.17, 15) is 9.59 Å². The van der Waals surface area contributed by atoms with Crippen LogP contribution in [0.4, 0.5) is 10.5 Å². The third-order valence-corrected chi connectivity index (χ3v) is 5.32. The van der Waals surface area contributed by atoms with E-state index in [1.165, 1.54) is 0 Å². The Hall–Kier alpha value is -3.42. The van der Waals surface area contributed by atoms with Crippen LogP contribution in [0.25, 0.3) is 11.2 Å². The van der Waals surface area contributed by atoms with Crippen LogP contribution in [0.1, 0.15) is 42.4 Å². The monoisotopic (exact) mass is 407 g/mol. The highest BCUT2D eigenvalue weighted by atomic mass is 16.5. The molecule has 1 fully saturated rings. The number of aromatic nitrogens is 3. The van der Waals surface area contributed by atoms with E-state index >= 15 is 0 Å². The van der Waals surface area contributed by atoms with Crippen LogP contribution in [-0.2, 0) is 11.3 Å². The zero-order valence-electron chi connectivity index (χ0n) is 17.2. The van der Waals surface area contributed by atoms with Crippen molar-refractivity contribution in [3.05, 3.63) is 54.0 Å². The molecule has 1 saturated heterocycles. The fraction of sp³-hybridized carbons (Fsp3) is 0.364. The van der Waals surface area contributed by atoms with Crippen LogP contribution >= 0.6 is 0 Å². The number of imidazole rings is 1. The van der Waals surface area contributed by atoms with E-state index < -0.39 is 5.97 Å². The minimum absolute atomic E-state index is 0.163. The molecule has 0 bridgehead atoms. The van der Waals surface area contributed by atoms with E-state index in [1.807, 2.05) is 12.1 Å². The van der Waals surface area contributed by atoms with Gasteiger partial charge < -0.3 is 19.5 Å². The zero-order valence-corrected chi connectivity index (χ0v) is 17.2. The Bertz CT molecular complexity index is 1080. The minimum atomic E-state index is -0.401. The molecule has 2 amide bonds. The van der Waals surface area contributed by atoms with Gasteiger partial charge in [-0.2, -0.15) is 0 Å². The van der Waals surface area contributed by atoms with E-state index in [1.54, 1.807) is 42.3 Å². The fourth-order valence-corrected chi connectivity index (χ4v) is 3.90. The number of hydrogen-bond acceptors (Lipinski definition) is 5. The molecule has 1 aliphatic rings. The third kappa shape index (κ3) is 3.85. The molecule has 0 radical (unpaired) electrons. The second-order valence-electron chi connectivity index (χ2n) is 7.22. The molecule has 156 valence electrons. The number of anilines is 1. The van der Waals surface area contributed by atoms with Gasteiger partial charge in [-0.3, -0.25) is 0 Å². The number of carbonyl (C=O) groups is 2. The number of benzene rings is 1. The first-order valence-corrected chi connectivity index (χ1v) is 10.2. The Labute approximate surface area is 174 Å². The normalized spacial score (nSPS) is 16.1. The first kappa shape index (κ1) is 19.9. The molecule has 2 aromatic heterocycles. The molecule has 4 rings (SSSR count). The summed E-state index contributed by atoms with van der Waals surface area (Å²) in [5.74, 6) is 0.739. The number of nitrogens with zero attached hydrogens (tertiary/aromatic N) is 4. The number of hydrogen-bond donors (Lipinski definition) is 1. The molecule has 1 N–H and O–H groups in total. The second kappa shape index (κ2) is 8.52. The van der Waals surface area contributed by atoms with Gasteiger partial charge in [-0.1, -0.05) is 6.07 Å². The van der Waals surface area contributed by atoms with E-state index in [0.717, 1.165) is 30.0 Å². The number of fused-ring (bicyclic) bond motifs is 1. The molecule has 8 nitrogen and oxygen atoms in total. The summed E-state index contributed by atoms with van der Waals surface area (Å²) in [5.41, 5.74) is 2.75. The van der Waals surface area contributed by atoms with E-state index in [2.05, 4.69) is 21.8 Å². The van der Waals surface area contributed by atoms with Crippen LogP contribution in [0.5, 0.6) is 0 Å². The van der Waals surface area contributed by atoms with Crippen molar-refractivity contribution in [1.29, 1.82) is 0 Å². The number of rotatable bonds is 5. The van der Waals surface area contributed by atoms with E-state index in [-0.39, 0.29) is 11.9 Å². The second-order valence-corrected chi connectivity index (χ2v) is 7.22. The highest BCUT2D eigenvalue weighted by molar-refractivity contribution is 5.94. The van der Waals surface area contributed by atoms with Gasteiger partial charge in [0.05, 0.1) is 12.2 Å². The average molecular weight is 407 g/mol. The predicted molar refractivity (Wildman–Crippen MR) is 114 cm³/mol. The highest BCUT2D eigenvalue weighted by Crippen LogP contribution is 2.29. The first-order chi connectivity index (χ1) is 14.6. The lowest BCUT2D eigenvalue weighted by Gasteiger charge is -2.18. The summed E-state index contributed by atoms with van der Waals surface area (Å²) in [6.45, 7) is 6.17. The van der Waals surface area contributed by atoms with Crippen LogP contribution in [0, 0.1) is 0 Å². The topological polar surface area (TPSA) is 89.3 Å². The molecule has 0 spiro atoms. The first-order valence-electron chi connectivity index (χ1n) is 10.2. The van der Waals surface area contributed by atoms with Gasteiger partial charge in [0.15, 0.2) is 5.65 Å². The molecule has 1 atom stereocenters. The number of nitrogens with one attached hydrogen (secondary N) is 1. The van der Waals surface area contributed by atoms with Gasteiger partial charge in [-0.25, -0.2) is 19.6 Å². The quantitative estimate of drug-likeness (QED) is 0.652. The predicted octanol–water partition coefficient (Wildman–Crippen LogP) is 3.65. The lowest BCUT2D eigenvalue weighted by molar-refractivity contribution is 0.0526. The maximum Gasteiger partial charge on any atom is 0.338 e. The third-order valence-electron chi connectivity index (χ3n) is 5.32. The van der Waals surface area contributed by atoms with Gasteiger partial charge in [0, 0.05) is 37.4 Å². The molecule has 1 aromatic carbocycles. The van der Waals surface area contributed by atoms with Gasteiger partial charge in [-0.15, -0.1) is 0 Å². The van der Waals surface area contributed by atoms with Crippen LogP contribution in [0.15, 0.2) is 42.6 Å². The molecular formula is C22H25N5O3. The van der Waals surface area contributed by atoms with Crippen LogP contribution in [0.2, 0.25) is 0 Å². The average Bonchev–Trinajstić information content (AvgIpc) is 3.38. The van der Waals surface area contributed by atoms with Crippen LogP contribution < -0.4 is 5.32 Å². The van der Waals surface area contributed by atoms with Crippen molar-refractivity contribution in [2.24, 2.45) is 0 Å². The molecule has 1 aliphatic heterocycles. The number of amides is 2. The van der Waals surface area contributed by atoms with Gasteiger partial charge in [-0.05, 0) is 50.6 Å². The van der Waals surface area contributed by atoms with Crippen molar-refractivity contribution in [3.8, 4) is 0 Å². The Balaban J connectivity index is 1.46. The lowest BCUT2D eigenvalue weighted by Crippen LogP contribution is -2.33. The molecule has 0 saturated carbocycles. The summed E-state index contributed by atoms with van der Waals surface area (Å²) in [5, 5.41) is 2.89. The lowest BCUT2D eigenvalue weighted by atomic mass is 10.1. The van der Waals surface area contributed by atoms with Crippen molar-refractivity contribution in [3.63, 3.8) is 0 Å². The summed E-state index contributed by atoms with van der Waals surface area (Å²) >= 11 is 0. The molecule has 3 heterocycles. The molecular weight excluding hydrogens is 382 g/mol. The Morgan fingerprint density at radius 3 is 2.90 bits per heavy atom. The van der Waals surface area contributed by atoms with Gasteiger partial charge in [0.2, 0.25) is 0 Å². The smallest absolute Gasteiger partial charge is 0.338 e. The van der Waals surface area contributed by atoms with Crippen molar-refractivity contribution in [2.75, 3.05) is 25.0 Å². The van der Waals surface area contributed by atoms with Gasteiger partial charge in [0.1, 0.15) is 11.3 Å². The number of carbonyl (C=O) groups excluding carboxylic acids is 2. The Kier molecular flexibility index (Phi) is 5.65. The maximum atomic E-state index is 12.8. The fourth-order valence-electron chi connectivity index (χ4n) is 3.90. The summed E-state index contributed by atoms with van der Waals surface area (Å²) in [4.78, 5) is 35.7. The van der Waals surface area contributed by atoms with E-state index in [0.29, 0.717) is 30.9 Å². The zero-order chi connectivity index (χ0) is 21.1. The van der Waals surface area contributed by atoms with E-state index in [4.69, 9.17) is 9.72 Å². The molecule has 3 aromatic rings. The van der Waals surface area contributed by atoms with Crippen molar-refractivity contribution in [1.82, 2.24) is 19.4 Å². The minimum Gasteiger partial charge on any atom is -0.462 e. The molecule has 30 heavy (non-hydrogen) atoms. The summed E-state index contributed by atoms with van der Waals surface area (Å²) in [6, 6.07) is 10.5. The highest BCUT2D eigenvalue weighted by Gasteiger charge is 2.31. The van der Waals surface area contributed by atoms with Crippen molar-refractivity contribution < 1.29 is 14.3 Å². The molecule has 0 unspecified atom stereocenters. The van der Waals surface area contributed by atoms with Crippen LogP contribution in [-0.4, -0.2) is 51.1 Å². The van der Waals surface area contributed by atoms with Crippen LogP contribution in [0.3, 0.4) is 0 Å². The standard InChI is InChI=1S/C22H25N5O3/c1-3-27-19(25-18-9-6-11-23-20(18)27)16-10-12-26(14-16)22(29)24-17-8-5-7-15(13-17)21(28)30-4-2/h5-9,11,13,16H,3-4,10,12,14H2,1-2H3,(H,24,29)/t16-/m1/s1. The number of ether oxygens (including phenoxy) is 1. The number of likely N-dealkylation sites (tertiary alicyclic amines) is 1. The number of esters is 1. The SMILES string of the molecule is CCOC(=O)c1cccc(NC(=O)N2CC[C@@H](c3nc4cccnc4n3CC)C2)c1. The molecule has 8 heteroatoms. The van der Waals surface area contributed by atoms with Gasteiger partial charge >= 0.3 is 12.0 Å². The summed E-state index contributed by atoms with van der Waals surface area (Å²) in [6.07, 6.45) is 2.62.